The molecule has 0 atom stereocenters. The van der Waals surface area contributed by atoms with E-state index in [4.69, 9.17) is 0 Å². The lowest BCUT2D eigenvalue weighted by Crippen LogP contribution is -2.47. The summed E-state index contributed by atoms with van der Waals surface area (Å²) in [4.78, 5) is 29.1. The van der Waals surface area contributed by atoms with Gasteiger partial charge in [0.2, 0.25) is 5.91 Å². The molecule has 3 rings (SSSR count). The van der Waals surface area contributed by atoms with Crippen molar-refractivity contribution in [2.75, 3.05) is 0 Å². The van der Waals surface area contributed by atoms with Crippen LogP contribution < -0.4 is 10.9 Å². The zero-order valence-corrected chi connectivity index (χ0v) is 12.2. The standard InChI is InChI=1S/C14H14N4O2S/c15-8-14(4-1-2-5-14)17-11(19)7-18-9-16-12-10(13(18)20)3-6-21-12/h3,6,9H,1-2,4-5,7H2,(H,17,19). The van der Waals surface area contributed by atoms with Crippen LogP contribution in [0.25, 0.3) is 10.2 Å². The van der Waals surface area contributed by atoms with E-state index in [1.165, 1.54) is 22.2 Å². The fourth-order valence-corrected chi connectivity index (χ4v) is 3.43. The van der Waals surface area contributed by atoms with E-state index in [0.717, 1.165) is 12.8 Å². The topological polar surface area (TPSA) is 87.8 Å². The van der Waals surface area contributed by atoms with E-state index in [1.807, 2.05) is 0 Å². The van der Waals surface area contributed by atoms with Crippen LogP contribution >= 0.6 is 11.3 Å². The summed E-state index contributed by atoms with van der Waals surface area (Å²) in [5.41, 5.74) is -0.991. The molecule has 7 heteroatoms. The van der Waals surface area contributed by atoms with Crippen LogP contribution in [0.4, 0.5) is 0 Å². The van der Waals surface area contributed by atoms with Crippen molar-refractivity contribution in [1.29, 1.82) is 5.26 Å². The van der Waals surface area contributed by atoms with Crippen LogP contribution in [0.3, 0.4) is 0 Å². The summed E-state index contributed by atoms with van der Waals surface area (Å²) in [6, 6.07) is 3.91. The summed E-state index contributed by atoms with van der Waals surface area (Å²) in [6.07, 6.45) is 4.61. The van der Waals surface area contributed by atoms with Gasteiger partial charge in [0, 0.05) is 0 Å². The number of aromatic nitrogens is 2. The molecule has 0 spiro atoms. The van der Waals surface area contributed by atoms with E-state index in [-0.39, 0.29) is 18.0 Å². The second-order valence-corrected chi connectivity index (χ2v) is 6.16. The first-order valence-electron chi connectivity index (χ1n) is 6.78. The van der Waals surface area contributed by atoms with Crippen molar-refractivity contribution in [3.8, 4) is 6.07 Å². The molecule has 1 fully saturated rings. The van der Waals surface area contributed by atoms with Crippen molar-refractivity contribution in [3.05, 3.63) is 28.1 Å². The molecule has 0 saturated heterocycles. The van der Waals surface area contributed by atoms with Crippen LogP contribution in [0.1, 0.15) is 25.7 Å². The molecule has 6 nitrogen and oxygen atoms in total. The number of carbonyl (C=O) groups is 1. The van der Waals surface area contributed by atoms with Gasteiger partial charge in [-0.3, -0.25) is 14.2 Å². The molecule has 0 bridgehead atoms. The van der Waals surface area contributed by atoms with E-state index in [1.54, 1.807) is 11.4 Å². The number of carbonyl (C=O) groups excluding carboxylic acids is 1. The van der Waals surface area contributed by atoms with Crippen LogP contribution in [-0.4, -0.2) is 21.0 Å². The predicted octanol–water partition coefficient (Wildman–Crippen LogP) is 1.41. The number of fused-ring (bicyclic) bond motifs is 1. The maximum Gasteiger partial charge on any atom is 0.262 e. The molecule has 0 aromatic carbocycles. The number of rotatable bonds is 3. The van der Waals surface area contributed by atoms with Crippen LogP contribution in [0.15, 0.2) is 22.6 Å². The molecule has 1 aliphatic carbocycles. The second kappa shape index (κ2) is 5.30. The molecule has 108 valence electrons. The molecular formula is C14H14N4O2S. The van der Waals surface area contributed by atoms with Gasteiger partial charge < -0.3 is 5.32 Å². The number of nitriles is 1. The minimum atomic E-state index is -0.763. The molecule has 1 saturated carbocycles. The zero-order valence-electron chi connectivity index (χ0n) is 11.3. The Balaban J connectivity index is 1.79. The Morgan fingerprint density at radius 2 is 2.29 bits per heavy atom. The lowest BCUT2D eigenvalue weighted by molar-refractivity contribution is -0.123. The van der Waals surface area contributed by atoms with Crippen molar-refractivity contribution in [2.24, 2.45) is 0 Å². The second-order valence-electron chi connectivity index (χ2n) is 5.27. The number of hydrogen-bond acceptors (Lipinski definition) is 5. The Bertz CT molecular complexity index is 780. The average molecular weight is 302 g/mol. The summed E-state index contributed by atoms with van der Waals surface area (Å²) >= 11 is 1.39. The molecule has 2 aromatic heterocycles. The molecule has 1 aliphatic rings. The van der Waals surface area contributed by atoms with Gasteiger partial charge in [-0.15, -0.1) is 11.3 Å². The smallest absolute Gasteiger partial charge is 0.262 e. The Morgan fingerprint density at radius 3 is 3.00 bits per heavy atom. The normalized spacial score (nSPS) is 16.7. The Morgan fingerprint density at radius 1 is 1.52 bits per heavy atom. The monoisotopic (exact) mass is 302 g/mol. The highest BCUT2D eigenvalue weighted by atomic mass is 32.1. The molecule has 0 unspecified atom stereocenters. The van der Waals surface area contributed by atoms with Crippen LogP contribution in [-0.2, 0) is 11.3 Å². The van der Waals surface area contributed by atoms with Crippen molar-refractivity contribution in [2.45, 2.75) is 37.8 Å². The molecule has 21 heavy (non-hydrogen) atoms. The summed E-state index contributed by atoms with van der Waals surface area (Å²) in [6.45, 7) is -0.110. The van der Waals surface area contributed by atoms with Gasteiger partial charge in [0.1, 0.15) is 16.9 Å². The SMILES string of the molecule is N#CC1(NC(=O)Cn2cnc3sccc3c2=O)CCCC1. The average Bonchev–Trinajstić information content (AvgIpc) is 3.11. The first kappa shape index (κ1) is 13.8. The summed E-state index contributed by atoms with van der Waals surface area (Å²) in [5.74, 6) is -0.322. The van der Waals surface area contributed by atoms with Crippen LogP contribution in [0, 0.1) is 11.3 Å². The predicted molar refractivity (Wildman–Crippen MR) is 78.8 cm³/mol. The largest absolute Gasteiger partial charge is 0.336 e. The Hall–Kier alpha value is -2.20. The fraction of sp³-hybridized carbons (Fsp3) is 0.429. The maximum absolute atomic E-state index is 12.2. The third-order valence-electron chi connectivity index (χ3n) is 3.81. The lowest BCUT2D eigenvalue weighted by Gasteiger charge is -2.22. The molecule has 2 aromatic rings. The minimum Gasteiger partial charge on any atom is -0.336 e. The molecule has 0 radical (unpaired) electrons. The highest BCUT2D eigenvalue weighted by Crippen LogP contribution is 2.28. The van der Waals surface area contributed by atoms with Gasteiger partial charge in [-0.2, -0.15) is 5.26 Å². The number of hydrogen-bond donors (Lipinski definition) is 1. The molecule has 1 N–H and O–H groups in total. The number of amides is 1. The van der Waals surface area contributed by atoms with Crippen molar-refractivity contribution >= 4 is 27.5 Å². The molecule has 0 aliphatic heterocycles. The van der Waals surface area contributed by atoms with Crippen LogP contribution in [0.2, 0.25) is 0 Å². The van der Waals surface area contributed by atoms with E-state index >= 15 is 0 Å². The van der Waals surface area contributed by atoms with E-state index in [2.05, 4.69) is 16.4 Å². The number of nitrogens with zero attached hydrogens (tertiary/aromatic N) is 3. The molecular weight excluding hydrogens is 288 g/mol. The van der Waals surface area contributed by atoms with Crippen LogP contribution in [0.5, 0.6) is 0 Å². The van der Waals surface area contributed by atoms with Gasteiger partial charge in [0.15, 0.2) is 0 Å². The molecule has 1 amide bonds. The quantitative estimate of drug-likeness (QED) is 0.928. The van der Waals surface area contributed by atoms with Crippen molar-refractivity contribution in [3.63, 3.8) is 0 Å². The minimum absolute atomic E-state index is 0.110. The number of thiophene rings is 1. The Kier molecular flexibility index (Phi) is 3.47. The zero-order chi connectivity index (χ0) is 14.9. The van der Waals surface area contributed by atoms with E-state index in [0.29, 0.717) is 23.1 Å². The van der Waals surface area contributed by atoms with Gasteiger partial charge >= 0.3 is 0 Å². The molecule has 2 heterocycles. The van der Waals surface area contributed by atoms with Crippen molar-refractivity contribution in [1.82, 2.24) is 14.9 Å². The summed E-state index contributed by atoms with van der Waals surface area (Å²) in [7, 11) is 0. The maximum atomic E-state index is 12.2. The lowest BCUT2D eigenvalue weighted by atomic mass is 10.00. The summed E-state index contributed by atoms with van der Waals surface area (Å²) < 4.78 is 1.28. The summed E-state index contributed by atoms with van der Waals surface area (Å²) in [5, 5.41) is 14.3. The third kappa shape index (κ3) is 2.54. The van der Waals surface area contributed by atoms with Gasteiger partial charge in [-0.25, -0.2) is 4.98 Å². The van der Waals surface area contributed by atoms with E-state index in [9.17, 15) is 14.9 Å². The highest BCUT2D eigenvalue weighted by Gasteiger charge is 2.35. The van der Waals surface area contributed by atoms with E-state index < -0.39 is 5.54 Å². The third-order valence-corrected chi connectivity index (χ3v) is 4.63. The van der Waals surface area contributed by atoms with Gasteiger partial charge in [0.25, 0.3) is 5.56 Å². The number of nitrogens with one attached hydrogen (secondary N) is 1. The van der Waals surface area contributed by atoms with Gasteiger partial charge in [-0.1, -0.05) is 0 Å². The highest BCUT2D eigenvalue weighted by molar-refractivity contribution is 7.16. The van der Waals surface area contributed by atoms with Gasteiger partial charge in [0.05, 0.1) is 17.8 Å². The van der Waals surface area contributed by atoms with Gasteiger partial charge in [-0.05, 0) is 37.1 Å². The first-order chi connectivity index (χ1) is 10.1. The Labute approximate surface area is 125 Å². The fourth-order valence-electron chi connectivity index (χ4n) is 2.71. The first-order valence-corrected chi connectivity index (χ1v) is 7.66. The van der Waals surface area contributed by atoms with Crippen molar-refractivity contribution < 1.29 is 4.79 Å².